The van der Waals surface area contributed by atoms with Crippen LogP contribution in [0, 0.1) is 0 Å². The number of halogens is 1. The van der Waals surface area contributed by atoms with Gasteiger partial charge in [0.1, 0.15) is 5.02 Å². The van der Waals surface area contributed by atoms with Gasteiger partial charge in [-0.1, -0.05) is 35.9 Å². The van der Waals surface area contributed by atoms with Gasteiger partial charge in [0.15, 0.2) is 0 Å². The smallest absolute Gasteiger partial charge is 0.285 e. The second kappa shape index (κ2) is 5.66. The molecule has 0 aliphatic carbocycles. The fourth-order valence-electron chi connectivity index (χ4n) is 1.47. The molecule has 2 rings (SSSR count). The molecule has 1 aromatic carbocycles. The largest absolute Gasteiger partial charge is 0.392 e. The molecule has 94 valence electrons. The first-order chi connectivity index (χ1) is 8.70. The zero-order valence-electron chi connectivity index (χ0n) is 9.48. The standard InChI is InChI=1S/C12H12ClN3O2/c13-11-10(6-15-16-12(11)18)14-5-8-1-3-9(7-17)4-2-8/h1-4,6,17H,5,7H2,(H2,14,16,18). The number of aromatic nitrogens is 2. The molecule has 6 heteroatoms. The molecular weight excluding hydrogens is 254 g/mol. The van der Waals surface area contributed by atoms with E-state index in [9.17, 15) is 4.79 Å². The molecule has 0 atom stereocenters. The second-order valence-corrected chi connectivity index (χ2v) is 4.13. The van der Waals surface area contributed by atoms with Gasteiger partial charge in [-0.15, -0.1) is 0 Å². The second-order valence-electron chi connectivity index (χ2n) is 3.75. The average Bonchev–Trinajstić information content (AvgIpc) is 2.41. The lowest BCUT2D eigenvalue weighted by atomic mass is 10.1. The molecule has 0 unspecified atom stereocenters. The van der Waals surface area contributed by atoms with Crippen LogP contribution in [0.5, 0.6) is 0 Å². The van der Waals surface area contributed by atoms with Crippen molar-refractivity contribution in [2.24, 2.45) is 0 Å². The van der Waals surface area contributed by atoms with E-state index in [-0.39, 0.29) is 11.6 Å². The van der Waals surface area contributed by atoms with Crippen molar-refractivity contribution in [3.8, 4) is 0 Å². The lowest BCUT2D eigenvalue weighted by Crippen LogP contribution is -2.11. The van der Waals surface area contributed by atoms with Crippen LogP contribution in [0.25, 0.3) is 0 Å². The van der Waals surface area contributed by atoms with Gasteiger partial charge in [0.2, 0.25) is 0 Å². The number of aromatic amines is 1. The molecule has 2 aromatic rings. The van der Waals surface area contributed by atoms with Crippen LogP contribution in [0.4, 0.5) is 5.69 Å². The molecule has 0 radical (unpaired) electrons. The van der Waals surface area contributed by atoms with Crippen molar-refractivity contribution in [3.05, 3.63) is 57.0 Å². The molecule has 0 spiro atoms. The van der Waals surface area contributed by atoms with Crippen LogP contribution in [-0.4, -0.2) is 15.3 Å². The van der Waals surface area contributed by atoms with Crippen molar-refractivity contribution in [3.63, 3.8) is 0 Å². The minimum atomic E-state index is -0.419. The molecular formula is C12H12ClN3O2. The highest BCUT2D eigenvalue weighted by atomic mass is 35.5. The lowest BCUT2D eigenvalue weighted by molar-refractivity contribution is 0.282. The van der Waals surface area contributed by atoms with Crippen LogP contribution in [0.3, 0.4) is 0 Å². The number of rotatable bonds is 4. The van der Waals surface area contributed by atoms with E-state index >= 15 is 0 Å². The number of H-pyrrole nitrogens is 1. The van der Waals surface area contributed by atoms with Crippen LogP contribution in [0.2, 0.25) is 5.02 Å². The SMILES string of the molecule is O=c1[nH]ncc(NCc2ccc(CO)cc2)c1Cl. The monoisotopic (exact) mass is 265 g/mol. The molecule has 18 heavy (non-hydrogen) atoms. The van der Waals surface area contributed by atoms with E-state index in [0.717, 1.165) is 11.1 Å². The Morgan fingerprint density at radius 3 is 2.61 bits per heavy atom. The van der Waals surface area contributed by atoms with Crippen molar-refractivity contribution in [2.75, 3.05) is 5.32 Å². The molecule has 1 heterocycles. The van der Waals surface area contributed by atoms with E-state index < -0.39 is 5.56 Å². The molecule has 0 saturated carbocycles. The number of nitrogens with one attached hydrogen (secondary N) is 2. The Morgan fingerprint density at radius 2 is 1.94 bits per heavy atom. The van der Waals surface area contributed by atoms with E-state index in [0.29, 0.717) is 12.2 Å². The van der Waals surface area contributed by atoms with E-state index in [4.69, 9.17) is 16.7 Å². The third kappa shape index (κ3) is 2.88. The Kier molecular flexibility index (Phi) is 3.96. The Bertz CT molecular complexity index is 581. The number of nitrogens with zero attached hydrogens (tertiary/aromatic N) is 1. The normalized spacial score (nSPS) is 10.3. The molecule has 5 nitrogen and oxygen atoms in total. The molecule has 1 aromatic heterocycles. The van der Waals surface area contributed by atoms with Crippen molar-refractivity contribution < 1.29 is 5.11 Å². The predicted molar refractivity (Wildman–Crippen MR) is 69.6 cm³/mol. The van der Waals surface area contributed by atoms with Crippen LogP contribution in [0.1, 0.15) is 11.1 Å². The first-order valence-electron chi connectivity index (χ1n) is 5.36. The van der Waals surface area contributed by atoms with Gasteiger partial charge in [0.05, 0.1) is 18.5 Å². The summed E-state index contributed by atoms with van der Waals surface area (Å²) in [5.74, 6) is 0. The summed E-state index contributed by atoms with van der Waals surface area (Å²) in [7, 11) is 0. The quantitative estimate of drug-likeness (QED) is 0.783. The van der Waals surface area contributed by atoms with Gasteiger partial charge in [-0.2, -0.15) is 5.10 Å². The maximum Gasteiger partial charge on any atom is 0.285 e. The van der Waals surface area contributed by atoms with Gasteiger partial charge in [0, 0.05) is 6.54 Å². The van der Waals surface area contributed by atoms with Crippen molar-refractivity contribution in [1.29, 1.82) is 0 Å². The Balaban J connectivity index is 2.06. The van der Waals surface area contributed by atoms with Crippen molar-refractivity contribution in [1.82, 2.24) is 10.2 Å². The molecule has 0 bridgehead atoms. The molecule has 0 aliphatic heterocycles. The molecule has 0 saturated heterocycles. The topological polar surface area (TPSA) is 78.0 Å². The summed E-state index contributed by atoms with van der Waals surface area (Å²) < 4.78 is 0. The Labute approximate surface area is 108 Å². The molecule has 3 N–H and O–H groups in total. The number of hydrogen-bond acceptors (Lipinski definition) is 4. The van der Waals surface area contributed by atoms with Gasteiger partial charge in [-0.05, 0) is 11.1 Å². The fourth-order valence-corrected chi connectivity index (χ4v) is 1.62. The predicted octanol–water partition coefficient (Wildman–Crippen LogP) is 1.53. The van der Waals surface area contributed by atoms with Gasteiger partial charge in [-0.3, -0.25) is 4.79 Å². The van der Waals surface area contributed by atoms with Crippen LogP contribution in [0.15, 0.2) is 35.3 Å². The summed E-state index contributed by atoms with van der Waals surface area (Å²) in [5.41, 5.74) is 1.95. The van der Waals surface area contributed by atoms with E-state index in [1.807, 2.05) is 24.3 Å². The molecule has 0 fully saturated rings. The van der Waals surface area contributed by atoms with E-state index in [1.165, 1.54) is 6.20 Å². The highest BCUT2D eigenvalue weighted by Gasteiger charge is 2.04. The van der Waals surface area contributed by atoms with Gasteiger partial charge in [0.25, 0.3) is 5.56 Å². The number of aliphatic hydroxyl groups is 1. The summed E-state index contributed by atoms with van der Waals surface area (Å²) in [6, 6.07) is 7.48. The first-order valence-corrected chi connectivity index (χ1v) is 5.74. The van der Waals surface area contributed by atoms with Gasteiger partial charge < -0.3 is 10.4 Å². The van der Waals surface area contributed by atoms with Crippen molar-refractivity contribution in [2.45, 2.75) is 13.2 Å². The molecule has 0 aliphatic rings. The van der Waals surface area contributed by atoms with Crippen LogP contribution < -0.4 is 10.9 Å². The van der Waals surface area contributed by atoms with Crippen LogP contribution in [-0.2, 0) is 13.2 Å². The number of hydrogen-bond donors (Lipinski definition) is 3. The fraction of sp³-hybridized carbons (Fsp3) is 0.167. The zero-order chi connectivity index (χ0) is 13.0. The summed E-state index contributed by atoms with van der Waals surface area (Å²) in [5, 5.41) is 18.0. The third-order valence-corrected chi connectivity index (χ3v) is 2.86. The van der Waals surface area contributed by atoms with Gasteiger partial charge in [-0.25, -0.2) is 5.10 Å². The number of aliphatic hydroxyl groups excluding tert-OH is 1. The molecule has 0 amide bonds. The maximum atomic E-state index is 11.2. The first kappa shape index (κ1) is 12.6. The summed E-state index contributed by atoms with van der Waals surface area (Å²) in [4.78, 5) is 11.2. The summed E-state index contributed by atoms with van der Waals surface area (Å²) in [6.45, 7) is 0.550. The van der Waals surface area contributed by atoms with E-state index in [2.05, 4.69) is 15.5 Å². The average molecular weight is 266 g/mol. The highest BCUT2D eigenvalue weighted by molar-refractivity contribution is 6.32. The maximum absolute atomic E-state index is 11.2. The van der Waals surface area contributed by atoms with Gasteiger partial charge >= 0.3 is 0 Å². The number of anilines is 1. The number of benzene rings is 1. The van der Waals surface area contributed by atoms with E-state index in [1.54, 1.807) is 0 Å². The third-order valence-electron chi connectivity index (χ3n) is 2.48. The highest BCUT2D eigenvalue weighted by Crippen LogP contribution is 2.15. The lowest BCUT2D eigenvalue weighted by Gasteiger charge is -2.07. The summed E-state index contributed by atoms with van der Waals surface area (Å²) in [6.07, 6.45) is 1.46. The Morgan fingerprint density at radius 1 is 1.28 bits per heavy atom. The summed E-state index contributed by atoms with van der Waals surface area (Å²) >= 11 is 5.83. The Hall–Kier alpha value is -1.85. The van der Waals surface area contributed by atoms with Crippen LogP contribution >= 0.6 is 11.6 Å². The van der Waals surface area contributed by atoms with Crippen molar-refractivity contribution >= 4 is 17.3 Å². The zero-order valence-corrected chi connectivity index (χ0v) is 10.2. The minimum absolute atomic E-state index is 0.0253. The minimum Gasteiger partial charge on any atom is -0.392 e.